The summed E-state index contributed by atoms with van der Waals surface area (Å²) in [5.74, 6) is -14.1. The van der Waals surface area contributed by atoms with Gasteiger partial charge >= 0.3 is 0 Å². The second kappa shape index (κ2) is 36.4. The standard InChI is InChI=1S/C72H91F6N13O20/c1-33-59(95)63(99)64(100)72(105-33)111-65-50(90-28-46(82-86-90)37-13-8-5-9-14-37)25-41(27-52(65)109-71-58(81-34(2)94)66(61(97)54(31-92)110-71)108-53(69(103)88-17-10-18-88)19-36-11-6-4-7-12-36)68(102)80-16-15-79-67(101)40-24-49(89-29-47(83-85-89)38-20-42(73)56(77)43(74)21-38)60(96)51(26-40)106-35(3)107-55(32-93)62(98)70(104)91-30-48(84-87-91)39-22-44(75)57(78)45(76)23-39/h5,8-9,13-14,20-23,28-30,33,35-36,40-41,49-55,58-66,70-72,92-93,95-100,104H,4,6-7,10-12,15-19,24-27,31-32H2,1-3H3,(H,79,101)(H,80,102)(H,81,94)/t33?,35-,40+,41?,49?,50-,51-,52?,53+,54+,55?,58?,59?,60?,61?,62?,63?,64?,65?,66?,70+,71-,72?/m1/s1. The Balaban J connectivity index is 0.790. The van der Waals surface area contributed by atoms with E-state index in [1.165, 1.54) is 31.6 Å². The number of aliphatic hydroxyl groups excluding tert-OH is 9. The quantitative estimate of drug-likeness (QED) is 0.0136. The molecule has 111 heavy (non-hydrogen) atoms. The predicted molar refractivity (Wildman–Crippen MR) is 368 cm³/mol. The fraction of sp³-hybridized carbons (Fsp3) is 0.611. The molecule has 3 aromatic heterocycles. The summed E-state index contributed by atoms with van der Waals surface area (Å²) in [5.41, 5.74) is 0.0246. The summed E-state index contributed by atoms with van der Waals surface area (Å²) < 4.78 is 133. The number of benzene rings is 3. The number of halogens is 6. The molecular weight excluding hydrogens is 1480 g/mol. The molecule has 606 valence electrons. The molecule has 12 rings (SSSR count). The number of aliphatic hydroxyl groups is 9. The molecule has 3 saturated heterocycles. The first kappa shape index (κ1) is 82.4. The largest absolute Gasteiger partial charge is 0.394 e. The summed E-state index contributed by atoms with van der Waals surface area (Å²) in [6.07, 6.45) is -20.3. The smallest absolute Gasteiger partial charge is 0.251 e. The maximum Gasteiger partial charge on any atom is 0.251 e. The summed E-state index contributed by atoms with van der Waals surface area (Å²) in [6, 6.07) is 7.66. The molecule has 0 bridgehead atoms. The van der Waals surface area contributed by atoms with Crippen LogP contribution in [0.3, 0.4) is 0 Å². The van der Waals surface area contributed by atoms with E-state index >= 15 is 4.79 Å². The lowest BCUT2D eigenvalue weighted by molar-refractivity contribution is -0.337. The van der Waals surface area contributed by atoms with E-state index in [1.807, 2.05) is 0 Å². The molecule has 0 spiro atoms. The van der Waals surface area contributed by atoms with Gasteiger partial charge in [-0.2, -0.15) is 0 Å². The number of hydrogen-bond donors (Lipinski definition) is 12. The summed E-state index contributed by atoms with van der Waals surface area (Å²) in [7, 11) is 0. The number of ether oxygens (including phenoxy) is 7. The van der Waals surface area contributed by atoms with Crippen LogP contribution in [0.25, 0.3) is 33.8 Å². The zero-order chi connectivity index (χ0) is 79.2. The number of nitrogens with zero attached hydrogens (tertiary/aromatic N) is 10. The SMILES string of the molecule is CC(=O)NC1C(O[C@@H](CC2CCCCC2)C(=O)N2CCC2)C(O)[C@H](CO)O[C@H]1OC1CC(C(=O)NCCNC(=O)[C@H]2CC(n3cc(-c4cc(F)c(F)c(F)c4)nn3)C(O)[C@H](O[C@@H](C)OC(CO)C(O)[C@H](O)n3cc(-c4cc(F)c(F)c(F)c4)nn3)C2)C[C@@H](n2cc(-c3ccccc3)nn2)C1OC1OC(C)C(O)C(O)C1O. The zero-order valence-corrected chi connectivity index (χ0v) is 60.6. The van der Waals surface area contributed by atoms with Crippen LogP contribution in [0, 0.1) is 52.7 Å². The van der Waals surface area contributed by atoms with Crippen LogP contribution in [0.4, 0.5) is 26.3 Å². The summed E-state index contributed by atoms with van der Waals surface area (Å²) in [4.78, 5) is 59.0. The Morgan fingerprint density at radius 2 is 1.19 bits per heavy atom. The number of aromatic nitrogens is 9. The van der Waals surface area contributed by atoms with E-state index in [4.69, 9.17) is 33.2 Å². The van der Waals surface area contributed by atoms with Crippen LogP contribution in [0.15, 0.2) is 73.2 Å². The first-order chi connectivity index (χ1) is 53.2. The van der Waals surface area contributed by atoms with E-state index in [1.54, 1.807) is 41.4 Å². The third kappa shape index (κ3) is 18.9. The lowest BCUT2D eigenvalue weighted by Crippen LogP contribution is -2.67. The van der Waals surface area contributed by atoms with Gasteiger partial charge in [0.25, 0.3) is 5.91 Å². The molecule has 15 unspecified atom stereocenters. The van der Waals surface area contributed by atoms with Crippen LogP contribution in [0.2, 0.25) is 0 Å². The number of nitrogens with one attached hydrogen (secondary N) is 3. The Labute approximate surface area is 631 Å². The molecule has 3 saturated carbocycles. The highest BCUT2D eigenvalue weighted by Crippen LogP contribution is 2.43. The molecule has 3 aliphatic carbocycles. The fourth-order valence-electron chi connectivity index (χ4n) is 15.3. The summed E-state index contributed by atoms with van der Waals surface area (Å²) in [6.45, 7) is 2.53. The highest BCUT2D eigenvalue weighted by molar-refractivity contribution is 5.82. The van der Waals surface area contributed by atoms with Crippen molar-refractivity contribution in [1.29, 1.82) is 0 Å². The lowest BCUT2D eigenvalue weighted by atomic mass is 9.80. The van der Waals surface area contributed by atoms with Gasteiger partial charge in [0.1, 0.15) is 90.3 Å². The van der Waals surface area contributed by atoms with Crippen molar-refractivity contribution in [3.8, 4) is 33.8 Å². The highest BCUT2D eigenvalue weighted by Gasteiger charge is 2.55. The van der Waals surface area contributed by atoms with Gasteiger partial charge in [0.05, 0.1) is 62.2 Å². The van der Waals surface area contributed by atoms with Crippen LogP contribution in [-0.4, -0.2) is 269 Å². The van der Waals surface area contributed by atoms with Gasteiger partial charge in [-0.05, 0) is 82.6 Å². The molecule has 39 heteroatoms. The molecule has 6 heterocycles. The van der Waals surface area contributed by atoms with Crippen molar-refractivity contribution < 1.29 is 125 Å². The average Bonchev–Trinajstić information content (AvgIpc) is 0.938. The molecule has 0 radical (unpaired) electrons. The molecule has 3 aromatic carbocycles. The predicted octanol–water partition coefficient (Wildman–Crippen LogP) is 1.29. The Morgan fingerprint density at radius 1 is 0.622 bits per heavy atom. The van der Waals surface area contributed by atoms with Gasteiger partial charge in [-0.25, -0.2) is 40.4 Å². The van der Waals surface area contributed by atoms with Crippen molar-refractivity contribution in [2.45, 2.75) is 220 Å². The van der Waals surface area contributed by atoms with E-state index in [0.717, 1.165) is 49.4 Å². The molecule has 12 N–H and O–H groups in total. The van der Waals surface area contributed by atoms with Gasteiger partial charge in [-0.15, -0.1) is 15.3 Å². The fourth-order valence-corrected chi connectivity index (χ4v) is 15.3. The summed E-state index contributed by atoms with van der Waals surface area (Å²) >= 11 is 0. The number of likely N-dealkylation sites (tertiary alicyclic amines) is 1. The van der Waals surface area contributed by atoms with Crippen LogP contribution in [0.5, 0.6) is 0 Å². The van der Waals surface area contributed by atoms with E-state index in [9.17, 15) is 86.7 Å². The van der Waals surface area contributed by atoms with Gasteiger partial charge in [0, 0.05) is 61.6 Å². The van der Waals surface area contributed by atoms with Crippen molar-refractivity contribution in [2.24, 2.45) is 17.8 Å². The molecule has 6 fully saturated rings. The van der Waals surface area contributed by atoms with Crippen molar-refractivity contribution in [3.05, 3.63) is 108 Å². The van der Waals surface area contributed by atoms with Crippen LogP contribution in [0.1, 0.15) is 110 Å². The monoisotopic (exact) mass is 1570 g/mol. The van der Waals surface area contributed by atoms with Gasteiger partial charge in [0.15, 0.2) is 60.0 Å². The van der Waals surface area contributed by atoms with Gasteiger partial charge in [0.2, 0.25) is 17.7 Å². The van der Waals surface area contributed by atoms with Crippen molar-refractivity contribution in [3.63, 3.8) is 0 Å². The van der Waals surface area contributed by atoms with E-state index < -0.39 is 206 Å². The van der Waals surface area contributed by atoms with Gasteiger partial charge in [-0.1, -0.05) is 78.1 Å². The Kier molecular flexibility index (Phi) is 27.0. The maximum atomic E-state index is 15.0. The Morgan fingerprint density at radius 3 is 1.77 bits per heavy atom. The number of amides is 4. The van der Waals surface area contributed by atoms with Crippen molar-refractivity contribution in [1.82, 2.24) is 65.8 Å². The topological polar surface area (TPSA) is 446 Å². The first-order valence-electron chi connectivity index (χ1n) is 37.0. The van der Waals surface area contributed by atoms with E-state index in [0.29, 0.717) is 59.7 Å². The average molecular weight is 1570 g/mol. The van der Waals surface area contributed by atoms with Crippen LogP contribution >= 0.6 is 0 Å². The molecule has 6 aliphatic rings. The Hall–Kier alpha value is -8.10. The minimum atomic E-state index is -2.07. The van der Waals surface area contributed by atoms with Gasteiger partial charge in [-0.3, -0.25) is 19.2 Å². The molecule has 4 amide bonds. The summed E-state index contributed by atoms with van der Waals surface area (Å²) in [5, 5.41) is 134. The second-order valence-corrected chi connectivity index (χ2v) is 29.1. The lowest BCUT2D eigenvalue weighted by Gasteiger charge is -2.49. The minimum absolute atomic E-state index is 0.0901. The van der Waals surface area contributed by atoms with Crippen LogP contribution in [-0.2, 0) is 52.3 Å². The number of carbonyl (C=O) groups is 4. The van der Waals surface area contributed by atoms with Crippen LogP contribution < -0.4 is 16.0 Å². The third-order valence-corrected chi connectivity index (χ3v) is 21.4. The van der Waals surface area contributed by atoms with Crippen molar-refractivity contribution in [2.75, 3.05) is 39.4 Å². The van der Waals surface area contributed by atoms with E-state index in [2.05, 4.69) is 46.9 Å². The normalized spacial score (nSPS) is 30.0. The third-order valence-electron chi connectivity index (χ3n) is 21.4. The molecule has 33 nitrogen and oxygen atoms in total. The molecular formula is C72H91F6N13O20. The highest BCUT2D eigenvalue weighted by atomic mass is 19.2. The first-order valence-corrected chi connectivity index (χ1v) is 37.0. The molecule has 23 atom stereocenters. The number of rotatable bonds is 29. The van der Waals surface area contributed by atoms with E-state index in [-0.39, 0.29) is 73.1 Å². The minimum Gasteiger partial charge on any atom is -0.394 e. The van der Waals surface area contributed by atoms with Gasteiger partial charge < -0.3 is 100.0 Å². The number of hydrogen-bond acceptors (Lipinski definition) is 26. The number of carbonyl (C=O) groups excluding carboxylic acids is 4. The molecule has 3 aliphatic heterocycles. The zero-order valence-electron chi connectivity index (χ0n) is 60.6. The van der Waals surface area contributed by atoms with Crippen molar-refractivity contribution >= 4 is 23.6 Å². The maximum absolute atomic E-state index is 15.0. The second-order valence-electron chi connectivity index (χ2n) is 29.1. The molecule has 6 aromatic rings. The Bertz CT molecular complexity index is 4100.